The number of nitrogens with one attached hydrogen (secondary N) is 1. The standard InChI is InChI=1S/C12H18N2O4S2/c1-18-12(15)14-6-4-10(5-7-14)9-13-20(16,17)11-3-2-8-19-11/h2-3,8,10,13H,4-7,9H2,1H3. The van der Waals surface area contributed by atoms with E-state index in [4.69, 9.17) is 0 Å². The monoisotopic (exact) mass is 318 g/mol. The van der Waals surface area contributed by atoms with Gasteiger partial charge in [-0.15, -0.1) is 11.3 Å². The largest absolute Gasteiger partial charge is 0.453 e. The second-order valence-corrected chi connectivity index (χ2v) is 7.63. The zero-order valence-corrected chi connectivity index (χ0v) is 12.9. The van der Waals surface area contributed by atoms with Gasteiger partial charge in [-0.3, -0.25) is 0 Å². The van der Waals surface area contributed by atoms with Gasteiger partial charge in [-0.1, -0.05) is 6.07 Å². The quantitative estimate of drug-likeness (QED) is 0.913. The van der Waals surface area contributed by atoms with E-state index in [1.807, 2.05) is 0 Å². The van der Waals surface area contributed by atoms with Crippen LogP contribution in [0.25, 0.3) is 0 Å². The molecule has 1 aliphatic heterocycles. The number of piperidine rings is 1. The first-order chi connectivity index (χ1) is 9.53. The third kappa shape index (κ3) is 3.71. The number of methoxy groups -OCH3 is 1. The number of amides is 1. The molecule has 1 N–H and O–H groups in total. The van der Waals surface area contributed by atoms with Crippen molar-refractivity contribution in [1.82, 2.24) is 9.62 Å². The molecule has 2 rings (SSSR count). The van der Waals surface area contributed by atoms with Crippen LogP contribution in [0.2, 0.25) is 0 Å². The van der Waals surface area contributed by atoms with E-state index in [-0.39, 0.29) is 12.0 Å². The van der Waals surface area contributed by atoms with Gasteiger partial charge in [0.25, 0.3) is 0 Å². The van der Waals surface area contributed by atoms with E-state index in [1.54, 1.807) is 22.4 Å². The lowest BCUT2D eigenvalue weighted by atomic mass is 9.97. The van der Waals surface area contributed by atoms with Crippen molar-refractivity contribution in [2.45, 2.75) is 17.1 Å². The highest BCUT2D eigenvalue weighted by molar-refractivity contribution is 7.91. The number of nitrogens with zero attached hydrogens (tertiary/aromatic N) is 1. The zero-order chi connectivity index (χ0) is 14.6. The Bertz CT molecular complexity index is 534. The fraction of sp³-hybridized carbons (Fsp3) is 0.583. The Kier molecular flexibility index (Phi) is 5.00. The molecule has 1 aromatic rings. The lowest BCUT2D eigenvalue weighted by Crippen LogP contribution is -2.41. The van der Waals surface area contributed by atoms with E-state index >= 15 is 0 Å². The van der Waals surface area contributed by atoms with Crippen molar-refractivity contribution in [3.8, 4) is 0 Å². The van der Waals surface area contributed by atoms with Gasteiger partial charge in [-0.2, -0.15) is 0 Å². The number of hydrogen-bond donors (Lipinski definition) is 1. The second kappa shape index (κ2) is 6.55. The van der Waals surface area contributed by atoms with Crippen molar-refractivity contribution < 1.29 is 17.9 Å². The van der Waals surface area contributed by atoms with E-state index in [1.165, 1.54) is 18.4 Å². The van der Waals surface area contributed by atoms with Crippen molar-refractivity contribution in [2.75, 3.05) is 26.7 Å². The molecule has 0 saturated carbocycles. The lowest BCUT2D eigenvalue weighted by Gasteiger charge is -2.30. The maximum atomic E-state index is 12.0. The first-order valence-corrected chi connectivity index (χ1v) is 8.75. The summed E-state index contributed by atoms with van der Waals surface area (Å²) in [7, 11) is -2.02. The van der Waals surface area contributed by atoms with Gasteiger partial charge in [0.2, 0.25) is 10.0 Å². The first-order valence-electron chi connectivity index (χ1n) is 6.39. The normalized spacial score (nSPS) is 17.1. The number of thiophene rings is 1. The maximum absolute atomic E-state index is 12.0. The predicted octanol–water partition coefficient (Wildman–Crippen LogP) is 1.50. The molecule has 0 atom stereocenters. The molecule has 0 spiro atoms. The summed E-state index contributed by atoms with van der Waals surface area (Å²) in [5.74, 6) is 0.255. The number of rotatable bonds is 4. The van der Waals surface area contributed by atoms with Gasteiger partial charge in [-0.05, 0) is 30.2 Å². The molecule has 1 aliphatic rings. The van der Waals surface area contributed by atoms with Crippen molar-refractivity contribution in [1.29, 1.82) is 0 Å². The molecule has 1 aromatic heterocycles. The van der Waals surface area contributed by atoms with Crippen LogP contribution in [0, 0.1) is 5.92 Å². The second-order valence-electron chi connectivity index (χ2n) is 4.68. The van der Waals surface area contributed by atoms with Crippen LogP contribution in [0.4, 0.5) is 4.79 Å². The highest BCUT2D eigenvalue weighted by Gasteiger charge is 2.24. The smallest absolute Gasteiger partial charge is 0.409 e. The van der Waals surface area contributed by atoms with E-state index < -0.39 is 10.0 Å². The van der Waals surface area contributed by atoms with Crippen molar-refractivity contribution >= 4 is 27.5 Å². The molecule has 0 aliphatic carbocycles. The molecule has 112 valence electrons. The van der Waals surface area contributed by atoms with E-state index in [9.17, 15) is 13.2 Å². The molecule has 0 aromatic carbocycles. The number of sulfonamides is 1. The molecule has 6 nitrogen and oxygen atoms in total. The topological polar surface area (TPSA) is 75.7 Å². The number of hydrogen-bond acceptors (Lipinski definition) is 5. The zero-order valence-electron chi connectivity index (χ0n) is 11.2. The number of carbonyl (C=O) groups is 1. The molecule has 8 heteroatoms. The summed E-state index contributed by atoms with van der Waals surface area (Å²) < 4.78 is 31.6. The molecule has 20 heavy (non-hydrogen) atoms. The minimum atomic E-state index is -3.39. The van der Waals surface area contributed by atoms with Crippen LogP contribution in [0.1, 0.15) is 12.8 Å². The van der Waals surface area contributed by atoms with Crippen LogP contribution >= 0.6 is 11.3 Å². The number of carbonyl (C=O) groups excluding carboxylic acids is 1. The van der Waals surface area contributed by atoms with Gasteiger partial charge in [0.1, 0.15) is 4.21 Å². The highest BCUT2D eigenvalue weighted by atomic mass is 32.2. The van der Waals surface area contributed by atoms with Crippen molar-refractivity contribution in [3.63, 3.8) is 0 Å². The molecule has 1 fully saturated rings. The summed E-state index contributed by atoms with van der Waals surface area (Å²) in [4.78, 5) is 13.0. The van der Waals surface area contributed by atoms with Gasteiger partial charge < -0.3 is 9.64 Å². The van der Waals surface area contributed by atoms with E-state index in [0.29, 0.717) is 23.8 Å². The van der Waals surface area contributed by atoms with Crippen molar-refractivity contribution in [3.05, 3.63) is 17.5 Å². The Balaban J connectivity index is 1.81. The van der Waals surface area contributed by atoms with Crippen LogP contribution in [0.5, 0.6) is 0 Å². The fourth-order valence-electron chi connectivity index (χ4n) is 2.16. The Morgan fingerprint density at radius 3 is 2.75 bits per heavy atom. The summed E-state index contributed by atoms with van der Waals surface area (Å²) in [6, 6.07) is 3.31. The third-order valence-corrected chi connectivity index (χ3v) is 6.19. The minimum absolute atomic E-state index is 0.255. The Morgan fingerprint density at radius 2 is 2.20 bits per heavy atom. The molecule has 2 heterocycles. The summed E-state index contributed by atoms with van der Waals surface area (Å²) >= 11 is 1.20. The first kappa shape index (κ1) is 15.3. The Labute approximate surface area is 122 Å². The molecular formula is C12H18N2O4S2. The molecule has 1 amide bonds. The van der Waals surface area contributed by atoms with Gasteiger partial charge in [0.15, 0.2) is 0 Å². The summed E-state index contributed by atoms with van der Waals surface area (Å²) in [6.07, 6.45) is 1.24. The minimum Gasteiger partial charge on any atom is -0.453 e. The summed E-state index contributed by atoms with van der Waals surface area (Å²) in [6.45, 7) is 1.63. The molecular weight excluding hydrogens is 300 g/mol. The predicted molar refractivity (Wildman–Crippen MR) is 76.2 cm³/mol. The van der Waals surface area contributed by atoms with E-state index in [2.05, 4.69) is 9.46 Å². The average molecular weight is 318 g/mol. The third-order valence-electron chi connectivity index (χ3n) is 3.37. The number of likely N-dealkylation sites (tertiary alicyclic amines) is 1. The van der Waals surface area contributed by atoms with Crippen LogP contribution in [-0.4, -0.2) is 46.2 Å². The Hall–Kier alpha value is -1.12. The molecule has 0 radical (unpaired) electrons. The molecule has 0 bridgehead atoms. The van der Waals surface area contributed by atoms with Crippen LogP contribution in [-0.2, 0) is 14.8 Å². The lowest BCUT2D eigenvalue weighted by molar-refractivity contribution is 0.106. The van der Waals surface area contributed by atoms with Crippen LogP contribution in [0.15, 0.2) is 21.7 Å². The van der Waals surface area contributed by atoms with Gasteiger partial charge in [0.05, 0.1) is 7.11 Å². The van der Waals surface area contributed by atoms with E-state index in [0.717, 1.165) is 12.8 Å². The molecule has 1 saturated heterocycles. The van der Waals surface area contributed by atoms with Crippen LogP contribution in [0.3, 0.4) is 0 Å². The average Bonchev–Trinajstić information content (AvgIpc) is 3.00. The molecule has 0 unspecified atom stereocenters. The maximum Gasteiger partial charge on any atom is 0.409 e. The van der Waals surface area contributed by atoms with Gasteiger partial charge in [-0.25, -0.2) is 17.9 Å². The Morgan fingerprint density at radius 1 is 1.50 bits per heavy atom. The number of ether oxygens (including phenoxy) is 1. The van der Waals surface area contributed by atoms with Crippen LogP contribution < -0.4 is 4.72 Å². The van der Waals surface area contributed by atoms with Gasteiger partial charge in [0, 0.05) is 19.6 Å². The van der Waals surface area contributed by atoms with Crippen molar-refractivity contribution in [2.24, 2.45) is 5.92 Å². The summed E-state index contributed by atoms with van der Waals surface area (Å²) in [5.41, 5.74) is 0. The SMILES string of the molecule is COC(=O)N1CCC(CNS(=O)(=O)c2cccs2)CC1. The van der Waals surface area contributed by atoms with Gasteiger partial charge >= 0.3 is 6.09 Å². The highest BCUT2D eigenvalue weighted by Crippen LogP contribution is 2.19. The summed E-state index contributed by atoms with van der Waals surface area (Å²) in [5, 5.41) is 1.74. The fourth-order valence-corrected chi connectivity index (χ4v) is 4.32.